The van der Waals surface area contributed by atoms with Crippen LogP contribution in [0.1, 0.15) is 39.0 Å². The maximum atomic E-state index is 5.86. The van der Waals surface area contributed by atoms with Gasteiger partial charge in [0.05, 0.1) is 12.6 Å². The summed E-state index contributed by atoms with van der Waals surface area (Å²) in [5.41, 5.74) is 5.86. The number of rotatable bonds is 6. The van der Waals surface area contributed by atoms with Gasteiger partial charge in [0.1, 0.15) is 0 Å². The van der Waals surface area contributed by atoms with E-state index < -0.39 is 0 Å². The molecule has 2 rings (SSSR count). The molecule has 0 aromatic carbocycles. The summed E-state index contributed by atoms with van der Waals surface area (Å²) in [5, 5.41) is 3.20. The summed E-state index contributed by atoms with van der Waals surface area (Å²) in [6.07, 6.45) is 6.41. The van der Waals surface area contributed by atoms with E-state index in [1.54, 1.807) is 0 Å². The molecule has 2 heterocycles. The summed E-state index contributed by atoms with van der Waals surface area (Å²) in [6, 6.07) is 0. The molecule has 2 atom stereocenters. The van der Waals surface area contributed by atoms with Crippen LogP contribution in [0.5, 0.6) is 0 Å². The number of guanidine groups is 1. The fourth-order valence-corrected chi connectivity index (χ4v) is 3.05. The average Bonchev–Trinajstić information content (AvgIpc) is 2.95. The van der Waals surface area contributed by atoms with Gasteiger partial charge in [-0.25, -0.2) is 0 Å². The lowest BCUT2D eigenvalue weighted by Crippen LogP contribution is -2.38. The molecule has 20 heavy (non-hydrogen) atoms. The maximum absolute atomic E-state index is 5.86. The molecular weight excluding hydrogens is 252 g/mol. The number of nitrogens with one attached hydrogen (secondary N) is 1. The molecule has 0 aromatic heterocycles. The molecule has 2 aliphatic rings. The van der Waals surface area contributed by atoms with Gasteiger partial charge in [0, 0.05) is 19.7 Å². The average molecular weight is 282 g/mol. The summed E-state index contributed by atoms with van der Waals surface area (Å²) in [4.78, 5) is 6.91. The van der Waals surface area contributed by atoms with Gasteiger partial charge < -0.3 is 20.7 Å². The minimum absolute atomic E-state index is 0.283. The largest absolute Gasteiger partial charge is 0.376 e. The molecule has 0 aromatic rings. The van der Waals surface area contributed by atoms with Crippen LogP contribution in [-0.4, -0.2) is 56.3 Å². The molecule has 3 N–H and O–H groups in total. The third-order valence-corrected chi connectivity index (χ3v) is 4.19. The van der Waals surface area contributed by atoms with Gasteiger partial charge in [0.25, 0.3) is 0 Å². The van der Waals surface area contributed by atoms with Gasteiger partial charge in [0.15, 0.2) is 5.96 Å². The molecule has 0 bridgehead atoms. The molecule has 2 saturated heterocycles. The third-order valence-electron chi connectivity index (χ3n) is 4.19. The zero-order valence-corrected chi connectivity index (χ0v) is 12.8. The Morgan fingerprint density at radius 2 is 2.30 bits per heavy atom. The second kappa shape index (κ2) is 8.47. The Bertz CT molecular complexity index is 302. The molecular formula is C15H30N4O. The Kier molecular flexibility index (Phi) is 6.60. The Morgan fingerprint density at radius 3 is 3.05 bits per heavy atom. The van der Waals surface area contributed by atoms with Crippen molar-refractivity contribution < 1.29 is 4.74 Å². The van der Waals surface area contributed by atoms with Crippen molar-refractivity contribution in [2.24, 2.45) is 16.6 Å². The number of nitrogens with two attached hydrogens (primary N) is 1. The fraction of sp³-hybridized carbons (Fsp3) is 0.933. The summed E-state index contributed by atoms with van der Waals surface area (Å²) < 4.78 is 5.52. The minimum atomic E-state index is 0.283. The number of nitrogens with zero attached hydrogens (tertiary/aromatic N) is 2. The lowest BCUT2D eigenvalue weighted by Gasteiger charge is -2.30. The number of hydrogen-bond acceptors (Lipinski definition) is 3. The van der Waals surface area contributed by atoms with Crippen molar-refractivity contribution in [1.82, 2.24) is 10.2 Å². The maximum Gasteiger partial charge on any atom is 0.188 e. The second-order valence-electron chi connectivity index (χ2n) is 6.19. The molecule has 0 radical (unpaired) electrons. The number of hydrogen-bond donors (Lipinski definition) is 2. The fourth-order valence-electron chi connectivity index (χ4n) is 3.05. The molecule has 2 aliphatic heterocycles. The minimum Gasteiger partial charge on any atom is -0.376 e. The van der Waals surface area contributed by atoms with Crippen molar-refractivity contribution in [1.29, 1.82) is 0 Å². The van der Waals surface area contributed by atoms with Crippen molar-refractivity contribution in [3.63, 3.8) is 0 Å². The number of piperidine rings is 1. The van der Waals surface area contributed by atoms with Gasteiger partial charge in [-0.1, -0.05) is 6.92 Å². The normalized spacial score (nSPS) is 28.8. The monoisotopic (exact) mass is 282 g/mol. The van der Waals surface area contributed by atoms with Crippen LogP contribution in [0.15, 0.2) is 4.99 Å². The first-order chi connectivity index (χ1) is 9.74. The lowest BCUT2D eigenvalue weighted by molar-refractivity contribution is 0.117. The van der Waals surface area contributed by atoms with E-state index in [4.69, 9.17) is 10.5 Å². The lowest BCUT2D eigenvalue weighted by atomic mass is 10.0. The van der Waals surface area contributed by atoms with E-state index in [1.807, 2.05) is 0 Å². The number of aliphatic imine (C=N–C) groups is 1. The van der Waals surface area contributed by atoms with Crippen molar-refractivity contribution in [3.8, 4) is 0 Å². The van der Waals surface area contributed by atoms with E-state index in [9.17, 15) is 0 Å². The van der Waals surface area contributed by atoms with Crippen LogP contribution in [0.4, 0.5) is 0 Å². The van der Waals surface area contributed by atoms with Crippen LogP contribution < -0.4 is 11.1 Å². The van der Waals surface area contributed by atoms with Crippen LogP contribution in [0.2, 0.25) is 0 Å². The topological polar surface area (TPSA) is 62.9 Å². The quantitative estimate of drug-likeness (QED) is 0.436. The van der Waals surface area contributed by atoms with E-state index >= 15 is 0 Å². The summed E-state index contributed by atoms with van der Waals surface area (Å²) in [7, 11) is 0. The first-order valence-electron chi connectivity index (χ1n) is 8.12. The molecule has 2 unspecified atom stereocenters. The van der Waals surface area contributed by atoms with Gasteiger partial charge in [-0.2, -0.15) is 0 Å². The molecule has 0 spiro atoms. The number of likely N-dealkylation sites (tertiary alicyclic amines) is 1. The molecule has 0 amide bonds. The number of ether oxygens (including phenoxy) is 1. The molecule has 0 aliphatic carbocycles. The highest BCUT2D eigenvalue weighted by Gasteiger charge is 2.16. The highest BCUT2D eigenvalue weighted by molar-refractivity contribution is 5.77. The van der Waals surface area contributed by atoms with E-state index in [0.29, 0.717) is 12.5 Å². The smallest absolute Gasteiger partial charge is 0.188 e. The summed E-state index contributed by atoms with van der Waals surface area (Å²) in [6.45, 7) is 8.50. The first-order valence-corrected chi connectivity index (χ1v) is 8.12. The van der Waals surface area contributed by atoms with Crippen molar-refractivity contribution in [2.75, 3.05) is 39.3 Å². The molecule has 2 fully saturated rings. The zero-order chi connectivity index (χ0) is 14.2. The van der Waals surface area contributed by atoms with E-state index in [2.05, 4.69) is 22.1 Å². The van der Waals surface area contributed by atoms with Gasteiger partial charge >= 0.3 is 0 Å². The van der Waals surface area contributed by atoms with E-state index in [0.717, 1.165) is 44.9 Å². The van der Waals surface area contributed by atoms with Crippen LogP contribution in [0.3, 0.4) is 0 Å². The standard InChI is InChI=1S/C15H30N4O/c1-13-5-2-8-19(12-13)9-4-7-17-15(16)18-11-14-6-3-10-20-14/h13-14H,2-12H2,1H3,(H3,16,17,18). The predicted octanol–water partition coefficient (Wildman–Crippen LogP) is 1.19. The Balaban J connectivity index is 1.52. The summed E-state index contributed by atoms with van der Waals surface area (Å²) >= 11 is 0. The first kappa shape index (κ1) is 15.6. The van der Waals surface area contributed by atoms with Gasteiger partial charge in [0.2, 0.25) is 0 Å². The highest BCUT2D eigenvalue weighted by Crippen LogP contribution is 2.15. The SMILES string of the molecule is CC1CCCN(CCCNC(N)=NCC2CCCO2)C1. The highest BCUT2D eigenvalue weighted by atomic mass is 16.5. The Hall–Kier alpha value is -0.810. The Morgan fingerprint density at radius 1 is 1.40 bits per heavy atom. The van der Waals surface area contributed by atoms with Gasteiger partial charge in [-0.05, 0) is 51.1 Å². The Labute approximate surface area is 122 Å². The van der Waals surface area contributed by atoms with E-state index in [1.165, 1.54) is 25.9 Å². The van der Waals surface area contributed by atoms with E-state index in [-0.39, 0.29) is 6.10 Å². The van der Waals surface area contributed by atoms with Crippen molar-refractivity contribution in [2.45, 2.75) is 45.1 Å². The molecule has 5 nitrogen and oxygen atoms in total. The second-order valence-corrected chi connectivity index (χ2v) is 6.19. The van der Waals surface area contributed by atoms with Gasteiger partial charge in [-0.3, -0.25) is 4.99 Å². The van der Waals surface area contributed by atoms with Crippen LogP contribution in [0, 0.1) is 5.92 Å². The van der Waals surface area contributed by atoms with Crippen molar-refractivity contribution >= 4 is 5.96 Å². The predicted molar refractivity (Wildman–Crippen MR) is 82.9 cm³/mol. The summed E-state index contributed by atoms with van der Waals surface area (Å²) in [5.74, 6) is 1.42. The zero-order valence-electron chi connectivity index (χ0n) is 12.8. The molecule has 5 heteroatoms. The van der Waals surface area contributed by atoms with Gasteiger partial charge in [-0.15, -0.1) is 0 Å². The van der Waals surface area contributed by atoms with Crippen LogP contribution in [0.25, 0.3) is 0 Å². The van der Waals surface area contributed by atoms with Crippen LogP contribution in [-0.2, 0) is 4.74 Å². The van der Waals surface area contributed by atoms with Crippen molar-refractivity contribution in [3.05, 3.63) is 0 Å². The molecule has 116 valence electrons. The molecule has 0 saturated carbocycles. The van der Waals surface area contributed by atoms with Crippen LogP contribution >= 0.6 is 0 Å². The third kappa shape index (κ3) is 5.67.